The zero-order valence-corrected chi connectivity index (χ0v) is 18.9. The number of hydrogen-bond donors (Lipinski definition) is 0. The molecule has 0 saturated heterocycles. The van der Waals surface area contributed by atoms with E-state index in [1.165, 1.54) is 25.7 Å². The number of carbonyl (C=O) groups excluding carboxylic acids is 1. The largest absolute Gasteiger partial charge is 0.494 e. The molecule has 0 saturated carbocycles. The van der Waals surface area contributed by atoms with Crippen molar-refractivity contribution < 1.29 is 14.3 Å². The minimum Gasteiger partial charge on any atom is -0.494 e. The maximum atomic E-state index is 12.4. The summed E-state index contributed by atoms with van der Waals surface area (Å²) in [4.78, 5) is 16.9. The van der Waals surface area contributed by atoms with Crippen molar-refractivity contribution >= 4 is 17.9 Å². The molecule has 0 N–H and O–H groups in total. The van der Waals surface area contributed by atoms with Crippen molar-refractivity contribution in [3.8, 4) is 11.5 Å². The van der Waals surface area contributed by atoms with Gasteiger partial charge in [0.15, 0.2) is 0 Å². The summed E-state index contributed by atoms with van der Waals surface area (Å²) < 4.78 is 11.2. The van der Waals surface area contributed by atoms with E-state index < -0.39 is 5.97 Å². The van der Waals surface area contributed by atoms with Crippen molar-refractivity contribution in [1.29, 1.82) is 0 Å². The molecule has 0 aliphatic heterocycles. The number of esters is 1. The molecule has 0 radical (unpaired) electrons. The first-order chi connectivity index (χ1) is 15.7. The summed E-state index contributed by atoms with van der Waals surface area (Å²) >= 11 is 0. The van der Waals surface area contributed by atoms with E-state index in [-0.39, 0.29) is 0 Å². The Labute approximate surface area is 190 Å². The predicted molar refractivity (Wildman–Crippen MR) is 131 cm³/mol. The van der Waals surface area contributed by atoms with Gasteiger partial charge in [-0.15, -0.1) is 0 Å². The number of ether oxygens (including phenoxy) is 2. The number of hydrogen-bond acceptors (Lipinski definition) is 4. The van der Waals surface area contributed by atoms with Crippen LogP contribution in [-0.2, 0) is 0 Å². The molecule has 3 aromatic carbocycles. The fourth-order valence-electron chi connectivity index (χ4n) is 3.22. The molecule has 4 heteroatoms. The molecular formula is C28H31NO3. The molecule has 166 valence electrons. The summed E-state index contributed by atoms with van der Waals surface area (Å²) in [6.45, 7) is 4.94. The van der Waals surface area contributed by atoms with Gasteiger partial charge in [-0.1, -0.05) is 50.8 Å². The Morgan fingerprint density at radius 2 is 1.53 bits per heavy atom. The van der Waals surface area contributed by atoms with Crippen LogP contribution in [-0.4, -0.2) is 18.8 Å². The van der Waals surface area contributed by atoms with Crippen molar-refractivity contribution in [3.05, 3.63) is 89.5 Å². The first-order valence-corrected chi connectivity index (χ1v) is 11.3. The number of benzene rings is 3. The van der Waals surface area contributed by atoms with Crippen LogP contribution in [0.1, 0.15) is 60.5 Å². The van der Waals surface area contributed by atoms with E-state index in [1.54, 1.807) is 30.5 Å². The molecule has 4 nitrogen and oxygen atoms in total. The fourth-order valence-corrected chi connectivity index (χ4v) is 3.22. The first-order valence-electron chi connectivity index (χ1n) is 11.3. The summed E-state index contributed by atoms with van der Waals surface area (Å²) in [6.07, 6.45) is 7.82. The number of para-hydroxylation sites is 1. The summed E-state index contributed by atoms with van der Waals surface area (Å²) in [5, 5.41) is 0. The molecule has 0 spiro atoms. The van der Waals surface area contributed by atoms with Crippen LogP contribution in [0.3, 0.4) is 0 Å². The summed E-state index contributed by atoms with van der Waals surface area (Å²) in [6, 6.07) is 22.4. The first kappa shape index (κ1) is 23.3. The lowest BCUT2D eigenvalue weighted by molar-refractivity contribution is 0.0734. The number of carbonyl (C=O) groups is 1. The fraction of sp³-hybridized carbons (Fsp3) is 0.286. The summed E-state index contributed by atoms with van der Waals surface area (Å²) in [7, 11) is 0. The number of aryl methyl sites for hydroxylation is 1. The van der Waals surface area contributed by atoms with Crippen LogP contribution in [0.5, 0.6) is 11.5 Å². The van der Waals surface area contributed by atoms with Gasteiger partial charge in [0.1, 0.15) is 11.5 Å². The third kappa shape index (κ3) is 7.38. The van der Waals surface area contributed by atoms with Gasteiger partial charge in [0, 0.05) is 6.21 Å². The van der Waals surface area contributed by atoms with E-state index in [0.29, 0.717) is 17.9 Å². The smallest absolute Gasteiger partial charge is 0.343 e. The van der Waals surface area contributed by atoms with Crippen LogP contribution < -0.4 is 9.47 Å². The molecule has 0 unspecified atom stereocenters. The van der Waals surface area contributed by atoms with Crippen LogP contribution in [0.25, 0.3) is 0 Å². The van der Waals surface area contributed by atoms with Crippen LogP contribution in [0.2, 0.25) is 0 Å². The van der Waals surface area contributed by atoms with Crippen molar-refractivity contribution in [2.45, 2.75) is 46.0 Å². The molecule has 0 aliphatic carbocycles. The second kappa shape index (κ2) is 12.5. The maximum Gasteiger partial charge on any atom is 0.343 e. The van der Waals surface area contributed by atoms with Gasteiger partial charge in [-0.25, -0.2) is 4.79 Å². The normalized spacial score (nSPS) is 10.9. The zero-order chi connectivity index (χ0) is 22.6. The van der Waals surface area contributed by atoms with Crippen molar-refractivity contribution in [2.75, 3.05) is 6.61 Å². The zero-order valence-electron chi connectivity index (χ0n) is 18.9. The Bertz CT molecular complexity index is 1010. The molecule has 0 atom stereocenters. The van der Waals surface area contributed by atoms with E-state index in [4.69, 9.17) is 9.47 Å². The van der Waals surface area contributed by atoms with E-state index in [0.717, 1.165) is 29.0 Å². The quantitative estimate of drug-likeness (QED) is 0.139. The van der Waals surface area contributed by atoms with Crippen LogP contribution in [0, 0.1) is 6.92 Å². The van der Waals surface area contributed by atoms with Crippen molar-refractivity contribution in [2.24, 2.45) is 4.99 Å². The van der Waals surface area contributed by atoms with Crippen LogP contribution >= 0.6 is 0 Å². The van der Waals surface area contributed by atoms with E-state index in [1.807, 2.05) is 55.5 Å². The Hall–Kier alpha value is -3.40. The average molecular weight is 430 g/mol. The van der Waals surface area contributed by atoms with Gasteiger partial charge >= 0.3 is 5.97 Å². The monoisotopic (exact) mass is 429 g/mol. The molecular weight excluding hydrogens is 398 g/mol. The third-order valence-corrected chi connectivity index (χ3v) is 5.17. The maximum absolute atomic E-state index is 12.4. The molecule has 0 aliphatic rings. The third-order valence-electron chi connectivity index (χ3n) is 5.17. The van der Waals surface area contributed by atoms with Gasteiger partial charge in [-0.2, -0.15) is 0 Å². The second-order valence-electron chi connectivity index (χ2n) is 7.79. The highest BCUT2D eigenvalue weighted by atomic mass is 16.5. The van der Waals surface area contributed by atoms with Gasteiger partial charge < -0.3 is 9.47 Å². The summed E-state index contributed by atoms with van der Waals surface area (Å²) in [5.41, 5.74) is 3.49. The Kier molecular flexibility index (Phi) is 9.05. The molecule has 0 heterocycles. The molecule has 3 rings (SSSR count). The molecule has 0 fully saturated rings. The highest BCUT2D eigenvalue weighted by Gasteiger charge is 2.09. The highest BCUT2D eigenvalue weighted by molar-refractivity contribution is 5.91. The van der Waals surface area contributed by atoms with Gasteiger partial charge in [0.2, 0.25) is 0 Å². The van der Waals surface area contributed by atoms with Gasteiger partial charge in [-0.05, 0) is 79.1 Å². The second-order valence-corrected chi connectivity index (χ2v) is 7.79. The van der Waals surface area contributed by atoms with Crippen LogP contribution in [0.4, 0.5) is 5.69 Å². The Morgan fingerprint density at radius 3 is 2.25 bits per heavy atom. The van der Waals surface area contributed by atoms with Gasteiger partial charge in [0.25, 0.3) is 0 Å². The lowest BCUT2D eigenvalue weighted by Crippen LogP contribution is -2.08. The standard InChI is InChI=1S/C28H31NO3/c1-3-4-5-6-9-20-31-25-18-14-24(15-19-25)28(30)32-26-16-12-23(13-17-26)21-29-27-11-8-7-10-22(27)2/h7-8,10-19,21H,3-6,9,20H2,1-2H3. The van der Waals surface area contributed by atoms with Crippen LogP contribution in [0.15, 0.2) is 77.8 Å². The molecule has 0 bridgehead atoms. The molecule has 32 heavy (non-hydrogen) atoms. The van der Waals surface area contributed by atoms with Crippen molar-refractivity contribution in [1.82, 2.24) is 0 Å². The molecule has 0 aromatic heterocycles. The number of unbranched alkanes of at least 4 members (excludes halogenated alkanes) is 4. The minimum absolute atomic E-state index is 0.391. The lowest BCUT2D eigenvalue weighted by atomic mass is 10.2. The molecule has 0 amide bonds. The molecule has 3 aromatic rings. The average Bonchev–Trinajstić information content (AvgIpc) is 2.82. The topological polar surface area (TPSA) is 47.9 Å². The number of aliphatic imine (C=N–C) groups is 1. The number of nitrogens with zero attached hydrogens (tertiary/aromatic N) is 1. The number of rotatable bonds is 11. The van der Waals surface area contributed by atoms with Gasteiger partial charge in [-0.3, -0.25) is 4.99 Å². The van der Waals surface area contributed by atoms with E-state index in [9.17, 15) is 4.79 Å². The SMILES string of the molecule is CCCCCCCOc1ccc(C(=O)Oc2ccc(C=Nc3ccccc3C)cc2)cc1. The predicted octanol–water partition coefficient (Wildman–Crippen LogP) is 7.31. The highest BCUT2D eigenvalue weighted by Crippen LogP contribution is 2.19. The lowest BCUT2D eigenvalue weighted by Gasteiger charge is -2.08. The van der Waals surface area contributed by atoms with E-state index in [2.05, 4.69) is 11.9 Å². The van der Waals surface area contributed by atoms with Gasteiger partial charge in [0.05, 0.1) is 17.9 Å². The minimum atomic E-state index is -0.391. The van der Waals surface area contributed by atoms with Crippen molar-refractivity contribution in [3.63, 3.8) is 0 Å². The Balaban J connectivity index is 1.48. The summed E-state index contributed by atoms with van der Waals surface area (Å²) in [5.74, 6) is 0.877. The van der Waals surface area contributed by atoms with E-state index >= 15 is 0 Å². The Morgan fingerprint density at radius 1 is 0.844 bits per heavy atom.